The van der Waals surface area contributed by atoms with Crippen LogP contribution in [0.3, 0.4) is 0 Å². The van der Waals surface area contributed by atoms with Crippen LogP contribution in [-0.2, 0) is 13.0 Å². The first-order valence-corrected chi connectivity index (χ1v) is 6.04. The maximum absolute atomic E-state index is 6.04. The molecule has 1 aliphatic rings. The minimum atomic E-state index is 0.138. The van der Waals surface area contributed by atoms with E-state index in [-0.39, 0.29) is 6.04 Å². The smallest absolute Gasteiger partial charge is 0.145 e. The minimum absolute atomic E-state index is 0.138. The zero-order valence-corrected chi connectivity index (χ0v) is 10.2. The first-order chi connectivity index (χ1) is 8.75. The van der Waals surface area contributed by atoms with E-state index in [2.05, 4.69) is 21.0 Å². The van der Waals surface area contributed by atoms with Crippen molar-refractivity contribution in [2.75, 3.05) is 0 Å². The number of aromatic nitrogens is 2. The van der Waals surface area contributed by atoms with Crippen LogP contribution in [0.2, 0.25) is 0 Å². The molecule has 1 aromatic carbocycles. The molecule has 1 aliphatic carbocycles. The van der Waals surface area contributed by atoms with Crippen LogP contribution >= 0.6 is 0 Å². The van der Waals surface area contributed by atoms with Gasteiger partial charge in [0.15, 0.2) is 0 Å². The van der Waals surface area contributed by atoms with Gasteiger partial charge >= 0.3 is 0 Å². The summed E-state index contributed by atoms with van der Waals surface area (Å²) in [6, 6.07) is 6.16. The first-order valence-electron chi connectivity index (χ1n) is 6.04. The van der Waals surface area contributed by atoms with Gasteiger partial charge in [-0.2, -0.15) is 0 Å². The van der Waals surface area contributed by atoms with Gasteiger partial charge in [0, 0.05) is 6.04 Å². The molecule has 0 fully saturated rings. The molecule has 0 amide bonds. The molecule has 5 nitrogen and oxygen atoms in total. The standard InChI is InChI=1S/C13H15N3O2/c1-8-12(16-18-15-8)7-17-13-4-2-3-9-10(13)5-6-11(9)14/h2-4,11H,5-7,14H2,1H3. The molecule has 0 saturated heterocycles. The quantitative estimate of drug-likeness (QED) is 0.894. The number of hydrogen-bond acceptors (Lipinski definition) is 5. The molecule has 1 unspecified atom stereocenters. The number of aryl methyl sites for hydroxylation is 1. The SMILES string of the molecule is Cc1nonc1COc1cccc2c1CCC2N. The molecule has 0 saturated carbocycles. The monoisotopic (exact) mass is 245 g/mol. The second-order valence-corrected chi connectivity index (χ2v) is 4.55. The van der Waals surface area contributed by atoms with Gasteiger partial charge in [0.05, 0.1) is 0 Å². The summed E-state index contributed by atoms with van der Waals surface area (Å²) < 4.78 is 10.4. The molecule has 0 aliphatic heterocycles. The summed E-state index contributed by atoms with van der Waals surface area (Å²) in [5.41, 5.74) is 9.95. The maximum atomic E-state index is 6.04. The van der Waals surface area contributed by atoms with Crippen LogP contribution in [0.25, 0.3) is 0 Å². The number of ether oxygens (including phenoxy) is 1. The predicted molar refractivity (Wildman–Crippen MR) is 65.1 cm³/mol. The molecule has 1 atom stereocenters. The Morgan fingerprint density at radius 2 is 2.33 bits per heavy atom. The topological polar surface area (TPSA) is 74.2 Å². The molecule has 2 N–H and O–H groups in total. The van der Waals surface area contributed by atoms with Crippen molar-refractivity contribution < 1.29 is 9.37 Å². The lowest BCUT2D eigenvalue weighted by molar-refractivity contribution is 0.268. The van der Waals surface area contributed by atoms with Crippen molar-refractivity contribution in [3.8, 4) is 5.75 Å². The third-order valence-corrected chi connectivity index (χ3v) is 3.38. The molecule has 3 rings (SSSR count). The Labute approximate surface area is 105 Å². The van der Waals surface area contributed by atoms with Crippen molar-refractivity contribution in [1.82, 2.24) is 10.3 Å². The summed E-state index contributed by atoms with van der Waals surface area (Å²) in [5.74, 6) is 0.892. The molecular formula is C13H15N3O2. The van der Waals surface area contributed by atoms with Crippen molar-refractivity contribution in [3.05, 3.63) is 40.7 Å². The third kappa shape index (κ3) is 1.86. The predicted octanol–water partition coefficient (Wildman–Crippen LogP) is 1.90. The third-order valence-electron chi connectivity index (χ3n) is 3.38. The Kier molecular flexibility index (Phi) is 2.76. The highest BCUT2D eigenvalue weighted by Crippen LogP contribution is 2.35. The number of nitrogens with zero attached hydrogens (tertiary/aromatic N) is 2. The molecular weight excluding hydrogens is 230 g/mol. The van der Waals surface area contributed by atoms with E-state index in [9.17, 15) is 0 Å². The largest absolute Gasteiger partial charge is 0.487 e. The van der Waals surface area contributed by atoms with Gasteiger partial charge in [-0.3, -0.25) is 0 Å². The van der Waals surface area contributed by atoms with Crippen molar-refractivity contribution in [1.29, 1.82) is 0 Å². The normalized spacial score (nSPS) is 17.8. The van der Waals surface area contributed by atoms with E-state index in [1.165, 1.54) is 11.1 Å². The van der Waals surface area contributed by atoms with Crippen LogP contribution in [-0.4, -0.2) is 10.3 Å². The van der Waals surface area contributed by atoms with Gasteiger partial charge in [-0.05, 0) is 37.0 Å². The zero-order chi connectivity index (χ0) is 12.5. The Bertz CT molecular complexity index is 565. The van der Waals surface area contributed by atoms with Crippen LogP contribution < -0.4 is 10.5 Å². The summed E-state index contributed by atoms with van der Waals surface area (Å²) in [7, 11) is 0. The highest BCUT2D eigenvalue weighted by Gasteiger charge is 2.22. The van der Waals surface area contributed by atoms with Crippen LogP contribution in [0, 0.1) is 6.92 Å². The van der Waals surface area contributed by atoms with Gasteiger partial charge in [-0.15, -0.1) is 0 Å². The Hall–Kier alpha value is -1.88. The van der Waals surface area contributed by atoms with Gasteiger partial charge in [0.2, 0.25) is 0 Å². The molecule has 1 aromatic heterocycles. The van der Waals surface area contributed by atoms with Crippen LogP contribution in [0.5, 0.6) is 5.75 Å². The van der Waals surface area contributed by atoms with E-state index in [4.69, 9.17) is 10.5 Å². The molecule has 18 heavy (non-hydrogen) atoms. The lowest BCUT2D eigenvalue weighted by atomic mass is 10.1. The molecule has 1 heterocycles. The van der Waals surface area contributed by atoms with Gasteiger partial charge in [-0.25, -0.2) is 4.63 Å². The summed E-state index contributed by atoms with van der Waals surface area (Å²) in [4.78, 5) is 0. The minimum Gasteiger partial charge on any atom is -0.487 e. The van der Waals surface area contributed by atoms with Gasteiger partial charge < -0.3 is 10.5 Å². The number of benzene rings is 1. The van der Waals surface area contributed by atoms with Crippen LogP contribution in [0.15, 0.2) is 22.8 Å². The summed E-state index contributed by atoms with van der Waals surface area (Å²) >= 11 is 0. The fraction of sp³-hybridized carbons (Fsp3) is 0.385. The Morgan fingerprint density at radius 1 is 1.44 bits per heavy atom. The molecule has 2 aromatic rings. The molecule has 5 heteroatoms. The number of fused-ring (bicyclic) bond motifs is 1. The van der Waals surface area contributed by atoms with Gasteiger partial charge in [0.25, 0.3) is 0 Å². The van der Waals surface area contributed by atoms with E-state index in [1.54, 1.807) is 0 Å². The van der Waals surface area contributed by atoms with E-state index < -0.39 is 0 Å². The van der Waals surface area contributed by atoms with Crippen molar-refractivity contribution >= 4 is 0 Å². The lowest BCUT2D eigenvalue weighted by Crippen LogP contribution is -2.05. The first kappa shape index (κ1) is 11.2. The van der Waals surface area contributed by atoms with E-state index in [1.807, 2.05) is 19.1 Å². The zero-order valence-electron chi connectivity index (χ0n) is 10.2. The Balaban J connectivity index is 1.80. The molecule has 0 radical (unpaired) electrons. The molecule has 0 bridgehead atoms. The highest BCUT2D eigenvalue weighted by molar-refractivity contribution is 5.44. The van der Waals surface area contributed by atoms with Crippen LogP contribution in [0.1, 0.15) is 35.0 Å². The number of hydrogen-bond donors (Lipinski definition) is 1. The number of rotatable bonds is 3. The van der Waals surface area contributed by atoms with Crippen LogP contribution in [0.4, 0.5) is 0 Å². The number of nitrogens with two attached hydrogens (primary N) is 1. The van der Waals surface area contributed by atoms with Crippen molar-refractivity contribution in [2.24, 2.45) is 5.73 Å². The van der Waals surface area contributed by atoms with Crippen molar-refractivity contribution in [3.63, 3.8) is 0 Å². The average Bonchev–Trinajstić information content (AvgIpc) is 2.95. The molecule has 94 valence electrons. The lowest BCUT2D eigenvalue weighted by Gasteiger charge is -2.10. The summed E-state index contributed by atoms with van der Waals surface area (Å²) in [6.07, 6.45) is 1.96. The second kappa shape index (κ2) is 4.42. The van der Waals surface area contributed by atoms with E-state index in [0.29, 0.717) is 6.61 Å². The van der Waals surface area contributed by atoms with E-state index in [0.717, 1.165) is 30.0 Å². The van der Waals surface area contributed by atoms with Gasteiger partial charge in [0.1, 0.15) is 23.7 Å². The van der Waals surface area contributed by atoms with Gasteiger partial charge in [-0.1, -0.05) is 22.4 Å². The Morgan fingerprint density at radius 3 is 3.11 bits per heavy atom. The summed E-state index contributed by atoms with van der Waals surface area (Å²) in [6.45, 7) is 2.22. The maximum Gasteiger partial charge on any atom is 0.145 e. The highest BCUT2D eigenvalue weighted by atomic mass is 16.6. The second-order valence-electron chi connectivity index (χ2n) is 4.55. The van der Waals surface area contributed by atoms with Crippen molar-refractivity contribution in [2.45, 2.75) is 32.4 Å². The van der Waals surface area contributed by atoms with E-state index >= 15 is 0 Å². The summed E-state index contributed by atoms with van der Waals surface area (Å²) in [5, 5.41) is 7.53. The fourth-order valence-corrected chi connectivity index (χ4v) is 2.31. The average molecular weight is 245 g/mol. The molecule has 0 spiro atoms. The fourth-order valence-electron chi connectivity index (χ4n) is 2.31.